The molecule has 0 aliphatic carbocycles. The van der Waals surface area contributed by atoms with Gasteiger partial charge in [0.1, 0.15) is 5.75 Å². The molecule has 0 bridgehead atoms. The number of nitrogens with one attached hydrogen (secondary N) is 2. The summed E-state index contributed by atoms with van der Waals surface area (Å²) >= 11 is 0. The molecule has 2 aromatic carbocycles. The number of nitrogens with zero attached hydrogens (tertiary/aromatic N) is 4. The summed E-state index contributed by atoms with van der Waals surface area (Å²) in [7, 11) is 0. The lowest BCUT2D eigenvalue weighted by Crippen LogP contribution is -2.49. The average molecular weight is 461 g/mol. The van der Waals surface area contributed by atoms with Gasteiger partial charge in [-0.05, 0) is 49.4 Å². The molecule has 1 fully saturated rings. The van der Waals surface area contributed by atoms with Crippen LogP contribution in [0.25, 0.3) is 0 Å². The Labute approximate surface area is 198 Å². The summed E-state index contributed by atoms with van der Waals surface area (Å²) in [5.74, 6) is 0.992. The van der Waals surface area contributed by atoms with Crippen molar-refractivity contribution in [3.63, 3.8) is 0 Å². The predicted molar refractivity (Wildman–Crippen MR) is 131 cm³/mol. The van der Waals surface area contributed by atoms with Gasteiger partial charge in [0.15, 0.2) is 0 Å². The van der Waals surface area contributed by atoms with Gasteiger partial charge in [-0.25, -0.2) is 9.97 Å². The monoisotopic (exact) mass is 460 g/mol. The molecule has 0 radical (unpaired) electrons. The number of piperazine rings is 1. The fourth-order valence-electron chi connectivity index (χ4n) is 3.74. The fourth-order valence-corrected chi connectivity index (χ4v) is 3.74. The second-order valence-corrected chi connectivity index (χ2v) is 7.82. The van der Waals surface area contributed by atoms with Crippen LogP contribution in [0.1, 0.15) is 17.3 Å². The molecule has 34 heavy (non-hydrogen) atoms. The maximum Gasteiger partial charge on any atom is 0.257 e. The summed E-state index contributed by atoms with van der Waals surface area (Å²) in [6, 6.07) is 15.9. The van der Waals surface area contributed by atoms with Crippen LogP contribution in [0.15, 0.2) is 67.0 Å². The maximum atomic E-state index is 12.9. The molecule has 1 aromatic heterocycles. The highest BCUT2D eigenvalue weighted by Gasteiger charge is 2.21. The standard InChI is InChI=1S/C25H28N6O3/c1-2-34-20-10-8-19(9-11-20)28-24(33)21-6-3-4-7-22(21)29-23(32)18-30-14-16-31(17-15-30)25-26-12-5-13-27-25/h3-13H,2,14-18H2,1H3,(H,28,33)(H,29,32). The number of amides is 2. The molecule has 2 amide bonds. The smallest absolute Gasteiger partial charge is 0.257 e. The van der Waals surface area contributed by atoms with Gasteiger partial charge < -0.3 is 20.3 Å². The van der Waals surface area contributed by atoms with Gasteiger partial charge >= 0.3 is 0 Å². The first-order chi connectivity index (χ1) is 16.6. The van der Waals surface area contributed by atoms with Crippen molar-refractivity contribution < 1.29 is 14.3 Å². The average Bonchev–Trinajstić information content (AvgIpc) is 2.86. The van der Waals surface area contributed by atoms with Crippen LogP contribution in [0, 0.1) is 0 Å². The van der Waals surface area contributed by atoms with Gasteiger partial charge in [-0.2, -0.15) is 0 Å². The second kappa shape index (κ2) is 11.2. The number of hydrogen-bond donors (Lipinski definition) is 2. The molecular formula is C25H28N6O3. The van der Waals surface area contributed by atoms with E-state index in [0.29, 0.717) is 29.5 Å². The number of rotatable bonds is 8. The Morgan fingerprint density at radius 1 is 0.912 bits per heavy atom. The van der Waals surface area contributed by atoms with Crippen molar-refractivity contribution in [1.82, 2.24) is 14.9 Å². The maximum absolute atomic E-state index is 12.9. The molecule has 1 aliphatic rings. The number of carbonyl (C=O) groups is 2. The quantitative estimate of drug-likeness (QED) is 0.533. The van der Waals surface area contributed by atoms with Crippen LogP contribution in [0.5, 0.6) is 5.75 Å². The summed E-state index contributed by atoms with van der Waals surface area (Å²) < 4.78 is 5.43. The Balaban J connectivity index is 1.32. The molecule has 4 rings (SSSR count). The molecule has 2 heterocycles. The normalized spacial score (nSPS) is 13.9. The van der Waals surface area contributed by atoms with Crippen molar-refractivity contribution in [3.8, 4) is 5.75 Å². The summed E-state index contributed by atoms with van der Waals surface area (Å²) in [6.45, 7) is 5.70. The summed E-state index contributed by atoms with van der Waals surface area (Å²) in [5.41, 5.74) is 1.53. The number of aromatic nitrogens is 2. The van der Waals surface area contributed by atoms with Gasteiger partial charge in [0, 0.05) is 44.3 Å². The Morgan fingerprint density at radius 3 is 2.32 bits per heavy atom. The largest absolute Gasteiger partial charge is 0.494 e. The third-order valence-electron chi connectivity index (χ3n) is 5.44. The van der Waals surface area contributed by atoms with Crippen molar-refractivity contribution in [2.45, 2.75) is 6.92 Å². The topological polar surface area (TPSA) is 99.7 Å². The van der Waals surface area contributed by atoms with Crippen LogP contribution in [0.3, 0.4) is 0 Å². The first-order valence-corrected chi connectivity index (χ1v) is 11.3. The lowest BCUT2D eigenvalue weighted by molar-refractivity contribution is -0.117. The van der Waals surface area contributed by atoms with Gasteiger partial charge in [-0.1, -0.05) is 12.1 Å². The Hall–Kier alpha value is -3.98. The van der Waals surface area contributed by atoms with Gasteiger partial charge in [0.05, 0.1) is 24.4 Å². The summed E-state index contributed by atoms with van der Waals surface area (Å²) in [4.78, 5) is 38.4. The third-order valence-corrected chi connectivity index (χ3v) is 5.44. The van der Waals surface area contributed by atoms with E-state index >= 15 is 0 Å². The van der Waals surface area contributed by atoms with E-state index in [9.17, 15) is 9.59 Å². The molecule has 0 saturated carbocycles. The van der Waals surface area contributed by atoms with Gasteiger partial charge in [0.25, 0.3) is 5.91 Å². The van der Waals surface area contributed by atoms with Crippen molar-refractivity contribution in [1.29, 1.82) is 0 Å². The van der Waals surface area contributed by atoms with Crippen molar-refractivity contribution in [3.05, 3.63) is 72.6 Å². The number of ether oxygens (including phenoxy) is 1. The molecule has 3 aromatic rings. The first-order valence-electron chi connectivity index (χ1n) is 11.3. The molecule has 1 aliphatic heterocycles. The van der Waals surface area contributed by atoms with Crippen LogP contribution in [0.4, 0.5) is 17.3 Å². The van der Waals surface area contributed by atoms with E-state index in [1.165, 1.54) is 0 Å². The minimum atomic E-state index is -0.295. The fraction of sp³-hybridized carbons (Fsp3) is 0.280. The van der Waals surface area contributed by atoms with E-state index in [2.05, 4.69) is 30.4 Å². The molecular weight excluding hydrogens is 432 g/mol. The molecule has 176 valence electrons. The highest BCUT2D eigenvalue weighted by molar-refractivity contribution is 6.10. The van der Waals surface area contributed by atoms with Crippen LogP contribution in [-0.4, -0.2) is 66.0 Å². The SMILES string of the molecule is CCOc1ccc(NC(=O)c2ccccc2NC(=O)CN2CCN(c3ncccn3)CC2)cc1. The van der Waals surface area contributed by atoms with E-state index < -0.39 is 0 Å². The Kier molecular flexibility index (Phi) is 7.67. The van der Waals surface area contributed by atoms with Crippen LogP contribution >= 0.6 is 0 Å². The van der Waals surface area contributed by atoms with Gasteiger partial charge in [-0.15, -0.1) is 0 Å². The van der Waals surface area contributed by atoms with E-state index in [4.69, 9.17) is 4.74 Å². The summed E-state index contributed by atoms with van der Waals surface area (Å²) in [6.07, 6.45) is 3.46. The van der Waals surface area contributed by atoms with Crippen molar-refractivity contribution in [2.24, 2.45) is 0 Å². The predicted octanol–water partition coefficient (Wildman–Crippen LogP) is 2.89. The molecule has 0 unspecified atom stereocenters. The highest BCUT2D eigenvalue weighted by Crippen LogP contribution is 2.20. The highest BCUT2D eigenvalue weighted by atomic mass is 16.5. The Morgan fingerprint density at radius 2 is 1.62 bits per heavy atom. The van der Waals surface area contributed by atoms with Gasteiger partial charge in [0.2, 0.25) is 11.9 Å². The van der Waals surface area contributed by atoms with E-state index in [-0.39, 0.29) is 18.4 Å². The zero-order valence-electron chi connectivity index (χ0n) is 19.1. The number of benzene rings is 2. The minimum absolute atomic E-state index is 0.161. The third kappa shape index (κ3) is 6.08. The van der Waals surface area contributed by atoms with E-state index in [1.807, 2.05) is 6.92 Å². The van der Waals surface area contributed by atoms with Crippen molar-refractivity contribution >= 4 is 29.1 Å². The lowest BCUT2D eigenvalue weighted by atomic mass is 10.1. The first kappa shape index (κ1) is 23.2. The van der Waals surface area contributed by atoms with E-state index in [1.54, 1.807) is 67.0 Å². The summed E-state index contributed by atoms with van der Waals surface area (Å²) in [5, 5.41) is 5.76. The van der Waals surface area contributed by atoms with Crippen LogP contribution < -0.4 is 20.3 Å². The molecule has 0 atom stereocenters. The molecule has 0 spiro atoms. The zero-order valence-corrected chi connectivity index (χ0v) is 19.1. The minimum Gasteiger partial charge on any atom is -0.494 e. The number of hydrogen-bond acceptors (Lipinski definition) is 7. The number of carbonyl (C=O) groups excluding carboxylic acids is 2. The number of anilines is 3. The second-order valence-electron chi connectivity index (χ2n) is 7.82. The number of para-hydroxylation sites is 1. The lowest BCUT2D eigenvalue weighted by Gasteiger charge is -2.34. The zero-order chi connectivity index (χ0) is 23.8. The molecule has 9 heteroatoms. The van der Waals surface area contributed by atoms with Crippen LogP contribution in [0.2, 0.25) is 0 Å². The molecule has 9 nitrogen and oxygen atoms in total. The molecule has 1 saturated heterocycles. The van der Waals surface area contributed by atoms with E-state index in [0.717, 1.165) is 31.9 Å². The Bertz CT molecular complexity index is 1100. The molecule has 2 N–H and O–H groups in total. The van der Waals surface area contributed by atoms with Crippen molar-refractivity contribution in [2.75, 3.05) is 54.9 Å². The van der Waals surface area contributed by atoms with Gasteiger partial charge in [-0.3, -0.25) is 14.5 Å². The van der Waals surface area contributed by atoms with Crippen LogP contribution in [-0.2, 0) is 4.79 Å².